The number of unbranched alkanes of at least 4 members (excludes halogenated alkanes) is 3. The van der Waals surface area contributed by atoms with Crippen molar-refractivity contribution in [1.82, 2.24) is 0 Å². The maximum Gasteiger partial charge on any atom is 0.126 e. The summed E-state index contributed by atoms with van der Waals surface area (Å²) < 4.78 is 12.7. The van der Waals surface area contributed by atoms with Crippen LogP contribution in [0.3, 0.4) is 0 Å². The number of aliphatic hydroxyl groups is 1. The van der Waals surface area contributed by atoms with Gasteiger partial charge in [0.1, 0.15) is 6.17 Å². The number of hydrogen-bond donors (Lipinski definition) is 1. The minimum atomic E-state index is -1.02. The SMILES string of the molecule is CCCCCC[C@@H](F)[C@H](C)O. The van der Waals surface area contributed by atoms with Crippen LogP contribution in [0.1, 0.15) is 46.0 Å². The van der Waals surface area contributed by atoms with E-state index in [4.69, 9.17) is 5.11 Å². The van der Waals surface area contributed by atoms with E-state index < -0.39 is 12.3 Å². The highest BCUT2D eigenvalue weighted by Crippen LogP contribution is 2.10. The lowest BCUT2D eigenvalue weighted by atomic mass is 10.1. The zero-order chi connectivity index (χ0) is 8.69. The molecular formula is C9H19FO. The van der Waals surface area contributed by atoms with E-state index in [1.165, 1.54) is 19.8 Å². The Morgan fingerprint density at radius 3 is 2.36 bits per heavy atom. The van der Waals surface area contributed by atoms with Crippen LogP contribution in [0.15, 0.2) is 0 Å². The minimum Gasteiger partial charge on any atom is -0.390 e. The van der Waals surface area contributed by atoms with E-state index in [0.717, 1.165) is 12.8 Å². The molecule has 0 fully saturated rings. The largest absolute Gasteiger partial charge is 0.390 e. The first kappa shape index (κ1) is 10.9. The van der Waals surface area contributed by atoms with Crippen molar-refractivity contribution >= 4 is 0 Å². The van der Waals surface area contributed by atoms with Gasteiger partial charge in [0.15, 0.2) is 0 Å². The summed E-state index contributed by atoms with van der Waals surface area (Å²) >= 11 is 0. The maximum absolute atomic E-state index is 12.7. The van der Waals surface area contributed by atoms with Gasteiger partial charge < -0.3 is 5.11 Å². The summed E-state index contributed by atoms with van der Waals surface area (Å²) in [5.74, 6) is 0. The van der Waals surface area contributed by atoms with E-state index in [2.05, 4.69) is 6.92 Å². The highest BCUT2D eigenvalue weighted by Gasteiger charge is 2.11. The molecule has 0 amide bonds. The first-order valence-corrected chi connectivity index (χ1v) is 4.50. The van der Waals surface area contributed by atoms with Gasteiger partial charge in [-0.15, -0.1) is 0 Å². The Morgan fingerprint density at radius 2 is 1.91 bits per heavy atom. The summed E-state index contributed by atoms with van der Waals surface area (Å²) in [5, 5.41) is 8.80. The molecule has 0 saturated carbocycles. The molecule has 0 radical (unpaired) electrons. The second kappa shape index (κ2) is 6.59. The molecule has 1 nitrogen and oxygen atoms in total. The fourth-order valence-corrected chi connectivity index (χ4v) is 1.01. The fourth-order valence-electron chi connectivity index (χ4n) is 1.01. The molecule has 0 aliphatic carbocycles. The van der Waals surface area contributed by atoms with Crippen LogP contribution in [0.25, 0.3) is 0 Å². The molecular weight excluding hydrogens is 143 g/mol. The monoisotopic (exact) mass is 162 g/mol. The molecule has 0 spiro atoms. The lowest BCUT2D eigenvalue weighted by Gasteiger charge is -2.09. The van der Waals surface area contributed by atoms with E-state index in [0.29, 0.717) is 6.42 Å². The zero-order valence-electron chi connectivity index (χ0n) is 7.52. The molecule has 2 atom stereocenters. The average Bonchev–Trinajstić information content (AvgIpc) is 1.97. The molecule has 0 rings (SSSR count). The van der Waals surface area contributed by atoms with Gasteiger partial charge in [-0.2, -0.15) is 0 Å². The van der Waals surface area contributed by atoms with Crippen LogP contribution >= 0.6 is 0 Å². The topological polar surface area (TPSA) is 20.2 Å². The molecule has 0 aliphatic heterocycles. The third-order valence-corrected chi connectivity index (χ3v) is 1.86. The van der Waals surface area contributed by atoms with Crippen molar-refractivity contribution in [2.24, 2.45) is 0 Å². The van der Waals surface area contributed by atoms with Crippen LogP contribution in [0, 0.1) is 0 Å². The second-order valence-electron chi connectivity index (χ2n) is 3.11. The van der Waals surface area contributed by atoms with Gasteiger partial charge in [0.2, 0.25) is 0 Å². The molecule has 1 N–H and O–H groups in total. The fraction of sp³-hybridized carbons (Fsp3) is 1.00. The van der Waals surface area contributed by atoms with E-state index in [1.807, 2.05) is 0 Å². The standard InChI is InChI=1S/C9H19FO/c1-3-4-5-6-7-9(10)8(2)11/h8-9,11H,3-7H2,1-2H3/t8-,9+/m0/s1. The number of hydrogen-bond acceptors (Lipinski definition) is 1. The Balaban J connectivity index is 3.10. The van der Waals surface area contributed by atoms with Crippen molar-refractivity contribution < 1.29 is 9.50 Å². The Morgan fingerprint density at radius 1 is 1.27 bits per heavy atom. The lowest BCUT2D eigenvalue weighted by Crippen LogP contribution is -2.17. The molecule has 2 heteroatoms. The van der Waals surface area contributed by atoms with Gasteiger partial charge in [-0.3, -0.25) is 0 Å². The van der Waals surface area contributed by atoms with E-state index in [-0.39, 0.29) is 0 Å². The summed E-state index contributed by atoms with van der Waals surface area (Å²) in [6.07, 6.45) is 3.03. The molecule has 11 heavy (non-hydrogen) atoms. The van der Waals surface area contributed by atoms with Gasteiger partial charge in [-0.1, -0.05) is 32.6 Å². The lowest BCUT2D eigenvalue weighted by molar-refractivity contribution is 0.0859. The third-order valence-electron chi connectivity index (χ3n) is 1.86. The van der Waals surface area contributed by atoms with Crippen LogP contribution < -0.4 is 0 Å². The smallest absolute Gasteiger partial charge is 0.126 e. The van der Waals surface area contributed by atoms with Crippen LogP contribution in [-0.4, -0.2) is 17.4 Å². The molecule has 0 aromatic heterocycles. The molecule has 0 aliphatic rings. The molecule has 0 unspecified atom stereocenters. The Hall–Kier alpha value is -0.110. The number of halogens is 1. The summed E-state index contributed by atoms with van der Waals surface area (Å²) in [7, 11) is 0. The number of rotatable bonds is 6. The van der Waals surface area contributed by atoms with Crippen molar-refractivity contribution in [1.29, 1.82) is 0 Å². The van der Waals surface area contributed by atoms with Crippen LogP contribution in [0.5, 0.6) is 0 Å². The Bertz CT molecular complexity index is 83.6. The maximum atomic E-state index is 12.7. The predicted octanol–water partition coefficient (Wildman–Crippen LogP) is 2.68. The minimum absolute atomic E-state index is 0.512. The van der Waals surface area contributed by atoms with Gasteiger partial charge in [-0.05, 0) is 13.3 Å². The molecule has 0 bridgehead atoms. The van der Waals surface area contributed by atoms with E-state index in [9.17, 15) is 4.39 Å². The summed E-state index contributed by atoms with van der Waals surface area (Å²) in [5.41, 5.74) is 0. The molecule has 0 aromatic carbocycles. The second-order valence-corrected chi connectivity index (χ2v) is 3.11. The molecule has 0 heterocycles. The van der Waals surface area contributed by atoms with Crippen molar-refractivity contribution in [3.8, 4) is 0 Å². The normalized spacial score (nSPS) is 16.4. The number of alkyl halides is 1. The van der Waals surface area contributed by atoms with Gasteiger partial charge in [-0.25, -0.2) is 4.39 Å². The molecule has 0 aromatic rings. The summed E-state index contributed by atoms with van der Waals surface area (Å²) in [6.45, 7) is 3.63. The number of aliphatic hydroxyl groups excluding tert-OH is 1. The quantitative estimate of drug-likeness (QED) is 0.595. The van der Waals surface area contributed by atoms with Crippen LogP contribution in [-0.2, 0) is 0 Å². The van der Waals surface area contributed by atoms with Crippen molar-refractivity contribution in [2.45, 2.75) is 58.2 Å². The van der Waals surface area contributed by atoms with Gasteiger partial charge >= 0.3 is 0 Å². The molecule has 68 valence electrons. The summed E-state index contributed by atoms with van der Waals surface area (Å²) in [4.78, 5) is 0. The Labute approximate surface area is 68.6 Å². The third kappa shape index (κ3) is 6.29. The van der Waals surface area contributed by atoms with Gasteiger partial charge in [0.05, 0.1) is 6.10 Å². The predicted molar refractivity (Wildman–Crippen MR) is 45.3 cm³/mol. The van der Waals surface area contributed by atoms with Crippen molar-refractivity contribution in [3.63, 3.8) is 0 Å². The van der Waals surface area contributed by atoms with Crippen LogP contribution in [0.2, 0.25) is 0 Å². The van der Waals surface area contributed by atoms with E-state index in [1.54, 1.807) is 0 Å². The van der Waals surface area contributed by atoms with E-state index >= 15 is 0 Å². The average molecular weight is 162 g/mol. The highest BCUT2D eigenvalue weighted by molar-refractivity contribution is 4.61. The Kier molecular flexibility index (Phi) is 6.52. The van der Waals surface area contributed by atoms with Gasteiger partial charge in [0, 0.05) is 0 Å². The molecule has 0 saturated heterocycles. The van der Waals surface area contributed by atoms with Gasteiger partial charge in [0.25, 0.3) is 0 Å². The summed E-state index contributed by atoms with van der Waals surface area (Å²) in [6, 6.07) is 0. The van der Waals surface area contributed by atoms with Crippen LogP contribution in [0.4, 0.5) is 4.39 Å². The first-order chi connectivity index (χ1) is 5.18. The highest BCUT2D eigenvalue weighted by atomic mass is 19.1. The first-order valence-electron chi connectivity index (χ1n) is 4.50. The van der Waals surface area contributed by atoms with Crippen molar-refractivity contribution in [2.75, 3.05) is 0 Å². The zero-order valence-corrected chi connectivity index (χ0v) is 7.52. The van der Waals surface area contributed by atoms with Crippen molar-refractivity contribution in [3.05, 3.63) is 0 Å².